The molecule has 2 heterocycles. The number of nitrogens with zero attached hydrogens (tertiary/aromatic N) is 6. The van der Waals surface area contributed by atoms with Crippen molar-refractivity contribution in [3.8, 4) is 0 Å². The highest BCUT2D eigenvalue weighted by atomic mass is 32.2. The fourth-order valence-corrected chi connectivity index (χ4v) is 7.17. The van der Waals surface area contributed by atoms with Crippen molar-refractivity contribution in [2.24, 2.45) is 0 Å². The predicted octanol–water partition coefficient (Wildman–Crippen LogP) is -0.883. The minimum atomic E-state index is -5.00. The lowest BCUT2D eigenvalue weighted by Gasteiger charge is -2.13. The van der Waals surface area contributed by atoms with Crippen molar-refractivity contribution in [2.45, 2.75) is 34.8 Å². The molecule has 0 spiro atoms. The van der Waals surface area contributed by atoms with Crippen LogP contribution in [0, 0.1) is 0 Å². The van der Waals surface area contributed by atoms with Gasteiger partial charge < -0.3 is 52.3 Å². The third kappa shape index (κ3) is 17.6. The van der Waals surface area contributed by atoms with Crippen molar-refractivity contribution in [1.29, 1.82) is 0 Å². The van der Waals surface area contributed by atoms with E-state index in [1.807, 2.05) is 0 Å². The van der Waals surface area contributed by atoms with E-state index < -0.39 is 87.2 Å². The van der Waals surface area contributed by atoms with E-state index in [1.54, 1.807) is 0 Å². The molecule has 28 nitrogen and oxygen atoms in total. The van der Waals surface area contributed by atoms with Crippen LogP contribution in [-0.2, 0) is 40.5 Å². The van der Waals surface area contributed by atoms with Gasteiger partial charge in [0.25, 0.3) is 40.5 Å². The van der Waals surface area contributed by atoms with Gasteiger partial charge >= 0.3 is 0 Å². The first kappa shape index (κ1) is 51.1. The van der Waals surface area contributed by atoms with Crippen molar-refractivity contribution < 1.29 is 72.3 Å². The van der Waals surface area contributed by atoms with E-state index in [4.69, 9.17) is 19.3 Å². The smallest absolute Gasteiger partial charge is 0.295 e. The molecule has 0 fully saturated rings. The third-order valence-corrected chi connectivity index (χ3v) is 11.3. The maximum absolute atomic E-state index is 12.6. The summed E-state index contributed by atoms with van der Waals surface area (Å²) in [5, 5.41) is 53.6. The van der Waals surface area contributed by atoms with E-state index in [0.29, 0.717) is 0 Å². The van der Waals surface area contributed by atoms with E-state index in [9.17, 15) is 53.0 Å². The summed E-state index contributed by atoms with van der Waals surface area (Å²) in [6.45, 7) is -1.58. The number of aliphatic hydroxyl groups is 4. The van der Waals surface area contributed by atoms with Gasteiger partial charge in [-0.2, -0.15) is 63.6 Å². The fourth-order valence-electron chi connectivity index (χ4n) is 5.03. The lowest BCUT2D eigenvalue weighted by atomic mass is 10.1. The van der Waals surface area contributed by atoms with Crippen LogP contribution < -0.4 is 31.9 Å². The highest BCUT2D eigenvalue weighted by molar-refractivity contribution is 7.86. The van der Waals surface area contributed by atoms with Crippen LogP contribution >= 0.6 is 0 Å². The molecule has 2 aromatic heterocycles. The van der Waals surface area contributed by atoms with Gasteiger partial charge in [-0.1, -0.05) is 24.3 Å². The van der Waals surface area contributed by atoms with Crippen LogP contribution in [0.4, 0.5) is 47.1 Å². The lowest BCUT2D eigenvalue weighted by molar-refractivity contribution is 0.0910. The Labute approximate surface area is 365 Å². The molecular weight excluding hydrogens is 937 g/mol. The Balaban J connectivity index is 1.63. The Morgan fingerprint density at radius 3 is 1.09 bits per heavy atom. The Morgan fingerprint density at radius 1 is 0.484 bits per heavy atom. The van der Waals surface area contributed by atoms with Gasteiger partial charge in [-0.15, -0.1) is 0 Å². The average Bonchev–Trinajstić information content (AvgIpc) is 3.18. The topological polar surface area (TPSA) is 448 Å². The van der Waals surface area contributed by atoms with Gasteiger partial charge in [-0.3, -0.25) is 18.2 Å². The average molecular weight is 981 g/mol. The predicted molar refractivity (Wildman–Crippen MR) is 230 cm³/mol. The molecule has 2 aromatic carbocycles. The Bertz CT molecular complexity index is 2550. The normalized spacial score (nSPS) is 13.3. The molecule has 0 aliphatic carbocycles. The zero-order valence-corrected chi connectivity index (χ0v) is 36.3. The van der Waals surface area contributed by atoms with Crippen molar-refractivity contribution >= 4 is 99.7 Å². The SMILES string of the molecule is O=S(=O)(O)CCNc1nc(NCCC(O)CO)nc(Nc2ccc(C=Cc3ccc(Nc4nc(NCCC(O)CO)nc(NCCS(=O)(=O)O)n4)cc3S(=O)(=O)O)c(S(=O)(=O)O)c2)n1. The minimum absolute atomic E-state index is 0.0215. The first-order chi connectivity index (χ1) is 29.9. The molecule has 0 aliphatic heterocycles. The standard InChI is InChI=1S/C32H44N12O16S4/c45-17-23(47)7-9-33-27-39-29(35-11-13-61(49,50)51)43-31(41-27)37-21-5-3-19(25(15-21)63(55,56)57)1-2-20-4-6-22(16-26(20)64(58,59)60)38-32-42-28(34-10-8-24(48)18-46)40-30(44-32)36-12-14-62(52,53)54/h1-6,15-16,23-24,45-48H,7-14,17-18H2,(H,49,50,51)(H,52,53,54)(H,55,56,57)(H,58,59,60)(H3,33,35,37,39,41,43)(H3,34,36,38,40,42,44). The molecule has 0 saturated carbocycles. The van der Waals surface area contributed by atoms with E-state index in [0.717, 1.165) is 24.3 Å². The van der Waals surface area contributed by atoms with Crippen molar-refractivity contribution in [3.05, 3.63) is 47.5 Å². The summed E-state index contributed by atoms with van der Waals surface area (Å²) < 4.78 is 133. The van der Waals surface area contributed by atoms with Gasteiger partial charge in [0, 0.05) is 37.6 Å². The Hall–Kier alpha value is -5.52. The van der Waals surface area contributed by atoms with Gasteiger partial charge in [-0.05, 0) is 48.2 Å². The quantitative estimate of drug-likeness (QED) is 0.0268. The third-order valence-electron chi connectivity index (χ3n) is 8.04. The monoisotopic (exact) mass is 980 g/mol. The molecule has 64 heavy (non-hydrogen) atoms. The number of aliphatic hydroxyl groups excluding tert-OH is 4. The van der Waals surface area contributed by atoms with Crippen LogP contribution in [-0.4, -0.2) is 165 Å². The highest BCUT2D eigenvalue weighted by Gasteiger charge is 2.20. The molecule has 14 N–H and O–H groups in total. The van der Waals surface area contributed by atoms with Crippen molar-refractivity contribution in [1.82, 2.24) is 29.9 Å². The van der Waals surface area contributed by atoms with E-state index in [1.165, 1.54) is 24.3 Å². The molecule has 0 amide bonds. The van der Waals surface area contributed by atoms with Crippen LogP contribution in [0.15, 0.2) is 46.2 Å². The maximum Gasteiger partial charge on any atom is 0.295 e. The molecule has 352 valence electrons. The second-order valence-electron chi connectivity index (χ2n) is 13.2. The molecule has 32 heteroatoms. The first-order valence-electron chi connectivity index (χ1n) is 18.3. The molecule has 0 radical (unpaired) electrons. The number of anilines is 8. The lowest BCUT2D eigenvalue weighted by Crippen LogP contribution is -2.19. The van der Waals surface area contributed by atoms with E-state index in [2.05, 4.69) is 61.8 Å². The molecule has 4 aromatic rings. The number of rotatable bonds is 26. The van der Waals surface area contributed by atoms with E-state index in [-0.39, 0.29) is 97.2 Å². The second-order valence-corrected chi connectivity index (χ2v) is 19.1. The summed E-state index contributed by atoms with van der Waals surface area (Å²) in [5.74, 6) is -2.52. The molecule has 4 rings (SSSR count). The number of hydrogen-bond donors (Lipinski definition) is 14. The van der Waals surface area contributed by atoms with Crippen LogP contribution in [0.3, 0.4) is 0 Å². The summed E-state index contributed by atoms with van der Waals surface area (Å²) in [6, 6.07) is 7.03. The summed E-state index contributed by atoms with van der Waals surface area (Å²) in [4.78, 5) is 23.2. The zero-order valence-electron chi connectivity index (χ0n) is 33.0. The number of benzene rings is 2. The van der Waals surface area contributed by atoms with Crippen LogP contribution in [0.1, 0.15) is 24.0 Å². The highest BCUT2D eigenvalue weighted by Crippen LogP contribution is 2.28. The van der Waals surface area contributed by atoms with Gasteiger partial charge in [0.1, 0.15) is 9.79 Å². The van der Waals surface area contributed by atoms with Crippen LogP contribution in [0.5, 0.6) is 0 Å². The summed E-state index contributed by atoms with van der Waals surface area (Å²) in [7, 11) is -18.7. The van der Waals surface area contributed by atoms with Crippen molar-refractivity contribution in [2.75, 3.05) is 82.8 Å². The molecular formula is C32H44N12O16S4. The Morgan fingerprint density at radius 2 is 0.797 bits per heavy atom. The largest absolute Gasteiger partial charge is 0.394 e. The number of aromatic nitrogens is 6. The first-order valence-corrected chi connectivity index (χ1v) is 24.4. The zero-order chi connectivity index (χ0) is 47.3. The van der Waals surface area contributed by atoms with Crippen LogP contribution in [0.25, 0.3) is 12.2 Å². The fraction of sp³-hybridized carbons (Fsp3) is 0.375. The maximum atomic E-state index is 12.6. The summed E-state index contributed by atoms with van der Waals surface area (Å²) >= 11 is 0. The van der Waals surface area contributed by atoms with Gasteiger partial charge in [0.05, 0.1) is 36.9 Å². The van der Waals surface area contributed by atoms with Crippen molar-refractivity contribution in [3.63, 3.8) is 0 Å². The molecule has 0 saturated heterocycles. The van der Waals surface area contributed by atoms with Gasteiger partial charge in [0.15, 0.2) is 0 Å². The van der Waals surface area contributed by atoms with E-state index >= 15 is 0 Å². The second kappa shape index (κ2) is 22.4. The van der Waals surface area contributed by atoms with Gasteiger partial charge in [0.2, 0.25) is 35.7 Å². The van der Waals surface area contributed by atoms with Crippen LogP contribution in [0.2, 0.25) is 0 Å². The Kier molecular flexibility index (Phi) is 17.9. The molecule has 0 bridgehead atoms. The number of nitrogens with one attached hydrogen (secondary N) is 6. The van der Waals surface area contributed by atoms with Gasteiger partial charge in [-0.25, -0.2) is 0 Å². The molecule has 2 unspecified atom stereocenters. The number of hydrogen-bond acceptors (Lipinski definition) is 24. The summed E-state index contributed by atoms with van der Waals surface area (Å²) in [5.41, 5.74) is -0.385. The summed E-state index contributed by atoms with van der Waals surface area (Å²) in [6.07, 6.45) is 0.258. The molecule has 2 atom stereocenters. The minimum Gasteiger partial charge on any atom is -0.394 e. The molecule has 0 aliphatic rings.